The Morgan fingerprint density at radius 1 is 1.14 bits per heavy atom. The van der Waals surface area contributed by atoms with Crippen molar-refractivity contribution in [1.29, 1.82) is 0 Å². The van der Waals surface area contributed by atoms with Gasteiger partial charge in [-0.1, -0.05) is 53.2 Å². The molecular formula is C34H45F4NO3Si. The summed E-state index contributed by atoms with van der Waals surface area (Å²) in [7, 11) is -2.26. The number of halogens is 4. The van der Waals surface area contributed by atoms with E-state index in [0.717, 1.165) is 60.2 Å². The third kappa shape index (κ3) is 6.11. The summed E-state index contributed by atoms with van der Waals surface area (Å²) in [6.45, 7) is 16.0. The number of rotatable bonds is 6. The fraction of sp³-hybridized carbons (Fsp3) is 0.618. The van der Waals surface area contributed by atoms with Crippen LogP contribution in [0.3, 0.4) is 0 Å². The number of nitrogens with zero attached hydrogens (tertiary/aromatic N) is 1. The van der Waals surface area contributed by atoms with E-state index in [-0.39, 0.29) is 28.0 Å². The normalized spacial score (nSPS) is 21.4. The number of aliphatic hydroxyl groups is 1. The summed E-state index contributed by atoms with van der Waals surface area (Å²) >= 11 is 0. The molecule has 1 aromatic heterocycles. The summed E-state index contributed by atoms with van der Waals surface area (Å²) in [5.41, 5.74) is 3.70. The average molecular weight is 620 g/mol. The lowest BCUT2D eigenvalue weighted by Crippen LogP contribution is -2.46. The van der Waals surface area contributed by atoms with Crippen molar-refractivity contribution in [1.82, 2.24) is 4.98 Å². The Balaban J connectivity index is 1.78. The Morgan fingerprint density at radius 2 is 1.84 bits per heavy atom. The Morgan fingerprint density at radius 3 is 2.35 bits per heavy atom. The molecule has 0 bridgehead atoms. The summed E-state index contributed by atoms with van der Waals surface area (Å²) in [6.07, 6.45) is 1.26. The van der Waals surface area contributed by atoms with Crippen LogP contribution in [0.5, 0.6) is 0 Å². The number of hydrogen-bond acceptors (Lipinski definition) is 4. The summed E-state index contributed by atoms with van der Waals surface area (Å²) in [4.78, 5) is 5.24. The van der Waals surface area contributed by atoms with Crippen molar-refractivity contribution in [2.75, 3.05) is 13.2 Å². The van der Waals surface area contributed by atoms with Crippen LogP contribution >= 0.6 is 0 Å². The maximum Gasteiger partial charge on any atom is 0.416 e. The van der Waals surface area contributed by atoms with E-state index in [2.05, 4.69) is 33.9 Å². The summed E-state index contributed by atoms with van der Waals surface area (Å²) in [5.74, 6) is -1.21. The fourth-order valence-corrected chi connectivity index (χ4v) is 7.94. The third-order valence-electron chi connectivity index (χ3n) is 10.2. The number of aliphatic hydroxyl groups excluding tert-OH is 1. The van der Waals surface area contributed by atoms with Crippen LogP contribution in [0, 0.1) is 11.2 Å². The van der Waals surface area contributed by atoms with Crippen LogP contribution in [0.2, 0.25) is 18.1 Å². The van der Waals surface area contributed by atoms with Gasteiger partial charge in [0.15, 0.2) is 8.32 Å². The molecule has 0 saturated heterocycles. The van der Waals surface area contributed by atoms with Crippen molar-refractivity contribution in [3.05, 3.63) is 69.3 Å². The first-order valence-corrected chi connectivity index (χ1v) is 18.4. The molecule has 236 valence electrons. The number of pyridine rings is 1. The standard InChI is InChI=1S/C34H45F4NO3Si/c1-20(2)30-29(31(40)23-10-9-22(17-24(23)35)34(36,37)38)27(21-11-15-41-16-12-21)28-25(39-30)18-33(13-8-14-33)19-26(28)42-43(6,7)32(3,4)5/h9-11,17,20,26,31,40H,8,12-16,18-19H2,1-7H3/t26-,31?/m0/s1. The predicted octanol–water partition coefficient (Wildman–Crippen LogP) is 9.43. The highest BCUT2D eigenvalue weighted by Gasteiger charge is 2.49. The summed E-state index contributed by atoms with van der Waals surface area (Å²) < 4.78 is 68.4. The molecule has 1 fully saturated rings. The molecule has 1 aliphatic heterocycles. The van der Waals surface area contributed by atoms with Gasteiger partial charge in [0.25, 0.3) is 0 Å². The van der Waals surface area contributed by atoms with Gasteiger partial charge < -0.3 is 14.3 Å². The van der Waals surface area contributed by atoms with E-state index in [1.807, 2.05) is 19.9 Å². The van der Waals surface area contributed by atoms with Crippen LogP contribution in [0.4, 0.5) is 17.6 Å². The van der Waals surface area contributed by atoms with Crippen LogP contribution in [0.25, 0.3) is 5.57 Å². The molecule has 1 unspecified atom stereocenters. The van der Waals surface area contributed by atoms with Crippen LogP contribution < -0.4 is 0 Å². The number of hydrogen-bond donors (Lipinski definition) is 1. The maximum absolute atomic E-state index is 15.4. The smallest absolute Gasteiger partial charge is 0.410 e. The van der Waals surface area contributed by atoms with Gasteiger partial charge in [-0.15, -0.1) is 0 Å². The van der Waals surface area contributed by atoms with Gasteiger partial charge in [-0.25, -0.2) is 4.39 Å². The number of aromatic nitrogens is 1. The van der Waals surface area contributed by atoms with Gasteiger partial charge in [-0.3, -0.25) is 4.98 Å². The Labute approximate surface area is 254 Å². The first-order chi connectivity index (χ1) is 19.9. The zero-order valence-corrected chi connectivity index (χ0v) is 27.4. The van der Waals surface area contributed by atoms with Gasteiger partial charge in [0.05, 0.1) is 24.9 Å². The van der Waals surface area contributed by atoms with E-state index < -0.39 is 32.0 Å². The molecule has 9 heteroatoms. The first kappa shape index (κ1) is 32.3. The van der Waals surface area contributed by atoms with Crippen molar-refractivity contribution in [2.24, 2.45) is 5.41 Å². The monoisotopic (exact) mass is 619 g/mol. The van der Waals surface area contributed by atoms with E-state index in [1.54, 1.807) is 0 Å². The van der Waals surface area contributed by atoms with E-state index in [4.69, 9.17) is 14.1 Å². The molecule has 0 amide bonds. The maximum atomic E-state index is 15.4. The second kappa shape index (κ2) is 11.4. The van der Waals surface area contributed by atoms with Crippen molar-refractivity contribution >= 4 is 13.9 Å². The molecule has 2 aromatic rings. The minimum Gasteiger partial charge on any atom is -0.410 e. The van der Waals surface area contributed by atoms with Gasteiger partial charge in [-0.2, -0.15) is 13.2 Å². The Bertz CT molecular complexity index is 1410. The molecule has 4 nitrogen and oxygen atoms in total. The molecule has 1 N–H and O–H groups in total. The molecule has 1 spiro atoms. The Kier molecular flexibility index (Phi) is 8.55. The highest BCUT2D eigenvalue weighted by Crippen LogP contribution is 2.57. The number of fused-ring (bicyclic) bond motifs is 1. The number of alkyl halides is 3. The van der Waals surface area contributed by atoms with Crippen molar-refractivity contribution < 1.29 is 31.8 Å². The largest absolute Gasteiger partial charge is 0.416 e. The Hall–Kier alpha value is -2.07. The molecule has 3 aliphatic rings. The quantitative estimate of drug-likeness (QED) is 0.259. The van der Waals surface area contributed by atoms with Crippen LogP contribution in [0.1, 0.15) is 124 Å². The van der Waals surface area contributed by atoms with Crippen molar-refractivity contribution in [3.8, 4) is 0 Å². The summed E-state index contributed by atoms with van der Waals surface area (Å²) in [5, 5.41) is 11.9. The molecular weight excluding hydrogens is 574 g/mol. The van der Waals surface area contributed by atoms with Gasteiger partial charge in [0.1, 0.15) is 11.9 Å². The van der Waals surface area contributed by atoms with E-state index in [1.165, 1.54) is 6.42 Å². The average Bonchev–Trinajstić information content (AvgIpc) is 2.89. The first-order valence-electron chi connectivity index (χ1n) is 15.5. The minimum atomic E-state index is -4.69. The number of benzene rings is 1. The SMILES string of the molecule is CC(C)c1nc2c(c(C3=CCOCC3)c1C(O)c1ccc(C(F)(F)F)cc1F)[C@@H](O[Si](C)(C)C(C)(C)C)CC1(CCC1)C2. The molecule has 1 saturated carbocycles. The van der Waals surface area contributed by atoms with E-state index in [9.17, 15) is 18.3 Å². The molecule has 2 aliphatic carbocycles. The van der Waals surface area contributed by atoms with Crippen molar-refractivity contribution in [2.45, 2.75) is 116 Å². The lowest BCUT2D eigenvalue weighted by molar-refractivity contribution is -0.137. The van der Waals surface area contributed by atoms with E-state index >= 15 is 4.39 Å². The molecule has 43 heavy (non-hydrogen) atoms. The van der Waals surface area contributed by atoms with Gasteiger partial charge in [0.2, 0.25) is 0 Å². The molecule has 2 heterocycles. The number of ether oxygens (including phenoxy) is 1. The molecule has 5 rings (SSSR count). The lowest BCUT2D eigenvalue weighted by atomic mass is 9.59. The van der Waals surface area contributed by atoms with Gasteiger partial charge in [0, 0.05) is 28.1 Å². The topological polar surface area (TPSA) is 51.6 Å². The fourth-order valence-electron chi connectivity index (χ4n) is 6.68. The van der Waals surface area contributed by atoms with Crippen LogP contribution in [-0.4, -0.2) is 31.6 Å². The second-order valence-electron chi connectivity index (χ2n) is 14.6. The highest BCUT2D eigenvalue weighted by atomic mass is 28.4. The lowest BCUT2D eigenvalue weighted by Gasteiger charge is -2.51. The second-order valence-corrected chi connectivity index (χ2v) is 19.3. The van der Waals surface area contributed by atoms with Gasteiger partial charge in [-0.05, 0) is 84.8 Å². The minimum absolute atomic E-state index is 0.0352. The molecule has 0 radical (unpaired) electrons. The summed E-state index contributed by atoms with van der Waals surface area (Å²) in [6, 6.07) is 2.36. The third-order valence-corrected chi connectivity index (χ3v) is 14.7. The zero-order chi connectivity index (χ0) is 31.5. The predicted molar refractivity (Wildman–Crippen MR) is 163 cm³/mol. The van der Waals surface area contributed by atoms with E-state index in [0.29, 0.717) is 37.0 Å². The van der Waals surface area contributed by atoms with Crippen molar-refractivity contribution in [3.63, 3.8) is 0 Å². The highest BCUT2D eigenvalue weighted by molar-refractivity contribution is 6.74. The van der Waals surface area contributed by atoms with Crippen LogP contribution in [-0.2, 0) is 21.8 Å². The zero-order valence-electron chi connectivity index (χ0n) is 26.4. The van der Waals surface area contributed by atoms with Crippen LogP contribution in [0.15, 0.2) is 24.3 Å². The van der Waals surface area contributed by atoms with Gasteiger partial charge >= 0.3 is 6.18 Å². The molecule has 1 aromatic carbocycles. The molecule has 2 atom stereocenters.